The van der Waals surface area contributed by atoms with Crippen LogP contribution in [0, 0.1) is 0 Å². The van der Waals surface area contributed by atoms with Crippen LogP contribution < -0.4 is 10.1 Å². The average molecular weight is 314 g/mol. The van der Waals surface area contributed by atoms with Crippen LogP contribution in [0.25, 0.3) is 0 Å². The highest BCUT2D eigenvalue weighted by atomic mass is 35.5. The first-order valence-electron chi connectivity index (χ1n) is 5.21. The quantitative estimate of drug-likeness (QED) is 0.845. The minimum atomic E-state index is -2.91. The molecular weight excluding hydrogens is 303 g/mol. The molecule has 0 aromatic heterocycles. The molecule has 0 fully saturated rings. The number of halogens is 4. The van der Waals surface area contributed by atoms with Gasteiger partial charge in [-0.15, -0.1) is 0 Å². The number of amides is 1. The smallest absolute Gasteiger partial charge is 0.265 e. The summed E-state index contributed by atoms with van der Waals surface area (Å²) in [6, 6.07) is 4.45. The van der Waals surface area contributed by atoms with Gasteiger partial charge in [0.1, 0.15) is 11.9 Å². The second-order valence-corrected chi connectivity index (χ2v) is 4.41. The van der Waals surface area contributed by atoms with E-state index in [1.54, 1.807) is 0 Å². The summed E-state index contributed by atoms with van der Waals surface area (Å²) in [5.41, 5.74) is 0. The van der Waals surface area contributed by atoms with Crippen molar-refractivity contribution in [3.05, 3.63) is 28.2 Å². The van der Waals surface area contributed by atoms with E-state index in [0.717, 1.165) is 0 Å². The summed E-state index contributed by atoms with van der Waals surface area (Å²) in [7, 11) is 0. The maximum Gasteiger partial charge on any atom is 0.265 e. The van der Waals surface area contributed by atoms with Crippen molar-refractivity contribution in [2.45, 2.75) is 12.5 Å². The van der Waals surface area contributed by atoms with E-state index in [4.69, 9.17) is 33.0 Å². The summed E-state index contributed by atoms with van der Waals surface area (Å²) >= 11 is 11.5. The van der Waals surface area contributed by atoms with Crippen LogP contribution in [0.5, 0.6) is 5.75 Å². The van der Waals surface area contributed by atoms with Crippen LogP contribution in [0.4, 0.5) is 8.78 Å². The van der Waals surface area contributed by atoms with Gasteiger partial charge in [0, 0.05) is 11.6 Å². The van der Waals surface area contributed by atoms with Gasteiger partial charge in [-0.05, 0) is 18.2 Å². The molecule has 0 aliphatic rings. The number of ether oxygens (including phenoxy) is 1. The number of benzene rings is 1. The summed E-state index contributed by atoms with van der Waals surface area (Å²) in [5, 5.41) is 11.5. The van der Waals surface area contributed by atoms with E-state index in [2.05, 4.69) is 5.32 Å². The molecule has 4 nitrogen and oxygen atoms in total. The topological polar surface area (TPSA) is 58.6 Å². The Morgan fingerprint density at radius 1 is 1.42 bits per heavy atom. The Kier molecular flexibility index (Phi) is 6.27. The van der Waals surface area contributed by atoms with Crippen molar-refractivity contribution in [3.8, 4) is 5.75 Å². The number of aliphatic hydroxyl groups is 1. The zero-order chi connectivity index (χ0) is 14.4. The van der Waals surface area contributed by atoms with Crippen molar-refractivity contribution >= 4 is 29.1 Å². The van der Waals surface area contributed by atoms with E-state index in [-0.39, 0.29) is 10.8 Å². The van der Waals surface area contributed by atoms with E-state index in [1.807, 2.05) is 0 Å². The zero-order valence-electron chi connectivity index (χ0n) is 9.58. The Bertz CT molecular complexity index is 446. The maximum atomic E-state index is 12.0. The highest BCUT2D eigenvalue weighted by Gasteiger charge is 2.17. The van der Waals surface area contributed by atoms with Gasteiger partial charge in [0.2, 0.25) is 0 Å². The van der Waals surface area contributed by atoms with E-state index < -0.39 is 31.6 Å². The summed E-state index contributed by atoms with van der Waals surface area (Å²) < 4.78 is 29.0. The molecule has 0 heterocycles. The van der Waals surface area contributed by atoms with Gasteiger partial charge in [-0.1, -0.05) is 23.2 Å². The van der Waals surface area contributed by atoms with E-state index >= 15 is 0 Å². The van der Waals surface area contributed by atoms with Gasteiger partial charge in [-0.25, -0.2) is 8.78 Å². The monoisotopic (exact) mass is 313 g/mol. The Morgan fingerprint density at radius 2 is 2.11 bits per heavy atom. The standard InChI is InChI=1S/C11H11Cl2F2NO3/c12-6-1-2-9(7(13)3-6)19-5-10(18)16-4-8(17)11(14)15/h1-3,8,11,17H,4-5H2,(H,16,18). The minimum absolute atomic E-state index is 0.230. The molecule has 106 valence electrons. The number of carbonyl (C=O) groups is 1. The van der Waals surface area contributed by atoms with Crippen molar-refractivity contribution in [2.75, 3.05) is 13.2 Å². The third kappa shape index (κ3) is 5.59. The largest absolute Gasteiger partial charge is 0.482 e. The fourth-order valence-electron chi connectivity index (χ4n) is 1.09. The second-order valence-electron chi connectivity index (χ2n) is 3.57. The molecule has 1 atom stereocenters. The molecule has 0 spiro atoms. The molecule has 0 radical (unpaired) electrons. The minimum Gasteiger partial charge on any atom is -0.482 e. The first-order valence-corrected chi connectivity index (χ1v) is 5.96. The number of alkyl halides is 2. The number of nitrogens with one attached hydrogen (secondary N) is 1. The van der Waals surface area contributed by atoms with E-state index in [0.29, 0.717) is 5.02 Å². The normalized spacial score (nSPS) is 12.3. The van der Waals surface area contributed by atoms with Gasteiger partial charge < -0.3 is 15.2 Å². The molecule has 2 N–H and O–H groups in total. The van der Waals surface area contributed by atoms with Crippen LogP contribution in [-0.2, 0) is 4.79 Å². The fourth-order valence-corrected chi connectivity index (χ4v) is 1.56. The van der Waals surface area contributed by atoms with Crippen molar-refractivity contribution in [2.24, 2.45) is 0 Å². The first kappa shape index (κ1) is 15.9. The van der Waals surface area contributed by atoms with Gasteiger partial charge in [0.05, 0.1) is 5.02 Å². The fraction of sp³-hybridized carbons (Fsp3) is 0.364. The van der Waals surface area contributed by atoms with Crippen molar-refractivity contribution in [1.29, 1.82) is 0 Å². The number of aliphatic hydroxyl groups excluding tert-OH is 1. The van der Waals surface area contributed by atoms with Crippen LogP contribution in [0.15, 0.2) is 18.2 Å². The predicted molar refractivity (Wildman–Crippen MR) is 67.0 cm³/mol. The summed E-state index contributed by atoms with van der Waals surface area (Å²) in [6.45, 7) is -0.953. The highest BCUT2D eigenvalue weighted by molar-refractivity contribution is 6.35. The molecule has 8 heteroatoms. The van der Waals surface area contributed by atoms with Crippen molar-refractivity contribution in [3.63, 3.8) is 0 Å². The third-order valence-electron chi connectivity index (χ3n) is 2.05. The highest BCUT2D eigenvalue weighted by Crippen LogP contribution is 2.27. The second kappa shape index (κ2) is 7.47. The van der Waals surface area contributed by atoms with Gasteiger partial charge in [0.25, 0.3) is 12.3 Å². The van der Waals surface area contributed by atoms with Crippen LogP contribution in [0.3, 0.4) is 0 Å². The Balaban J connectivity index is 2.38. The lowest BCUT2D eigenvalue weighted by Gasteiger charge is -2.11. The number of hydrogen-bond acceptors (Lipinski definition) is 3. The summed E-state index contributed by atoms with van der Waals surface area (Å²) in [6.07, 6.45) is -4.81. The van der Waals surface area contributed by atoms with Crippen LogP contribution in [0.1, 0.15) is 0 Å². The molecule has 1 unspecified atom stereocenters. The number of carbonyl (C=O) groups excluding carboxylic acids is 1. The lowest BCUT2D eigenvalue weighted by molar-refractivity contribution is -0.124. The van der Waals surface area contributed by atoms with E-state index in [9.17, 15) is 13.6 Å². The molecule has 1 aromatic carbocycles. The molecule has 1 aromatic rings. The molecule has 0 saturated carbocycles. The number of rotatable bonds is 6. The number of hydrogen-bond donors (Lipinski definition) is 2. The van der Waals surface area contributed by atoms with Gasteiger partial charge in [0.15, 0.2) is 6.61 Å². The molecule has 0 bridgehead atoms. The third-order valence-corrected chi connectivity index (χ3v) is 2.58. The molecule has 1 rings (SSSR count). The summed E-state index contributed by atoms with van der Waals surface area (Å²) in [5.74, 6) is -0.402. The maximum absolute atomic E-state index is 12.0. The SMILES string of the molecule is O=C(COc1ccc(Cl)cc1Cl)NCC(O)C(F)F. The van der Waals surface area contributed by atoms with Crippen molar-refractivity contribution in [1.82, 2.24) is 5.32 Å². The molecule has 0 aliphatic heterocycles. The molecular formula is C11H11Cl2F2NO3. The van der Waals surface area contributed by atoms with E-state index in [1.165, 1.54) is 18.2 Å². The molecule has 1 amide bonds. The lowest BCUT2D eigenvalue weighted by atomic mass is 10.3. The Labute approximate surface area is 118 Å². The van der Waals surface area contributed by atoms with Crippen molar-refractivity contribution < 1.29 is 23.4 Å². The predicted octanol–water partition coefficient (Wildman–Crippen LogP) is 2.11. The Morgan fingerprint density at radius 3 is 2.68 bits per heavy atom. The Hall–Kier alpha value is -1.11. The van der Waals surface area contributed by atoms with Crippen LogP contribution in [-0.4, -0.2) is 36.7 Å². The zero-order valence-corrected chi connectivity index (χ0v) is 11.1. The average Bonchev–Trinajstić information content (AvgIpc) is 2.34. The van der Waals surface area contributed by atoms with Crippen LogP contribution in [0.2, 0.25) is 10.0 Å². The van der Waals surface area contributed by atoms with Gasteiger partial charge in [-0.3, -0.25) is 4.79 Å². The molecule has 0 aliphatic carbocycles. The first-order chi connectivity index (χ1) is 8.90. The van der Waals surface area contributed by atoms with Gasteiger partial charge in [-0.2, -0.15) is 0 Å². The molecule has 19 heavy (non-hydrogen) atoms. The molecule has 0 saturated heterocycles. The van der Waals surface area contributed by atoms with Crippen LogP contribution >= 0.6 is 23.2 Å². The lowest BCUT2D eigenvalue weighted by Crippen LogP contribution is -2.38. The summed E-state index contributed by atoms with van der Waals surface area (Å²) in [4.78, 5) is 11.3. The van der Waals surface area contributed by atoms with Gasteiger partial charge >= 0.3 is 0 Å².